The predicted octanol–water partition coefficient (Wildman–Crippen LogP) is 4.85. The first-order valence-corrected chi connectivity index (χ1v) is 10.6. The number of aliphatic hydroxyl groups is 1. The molecule has 0 radical (unpaired) electrons. The Kier molecular flexibility index (Phi) is 4.61. The van der Waals surface area contributed by atoms with Crippen LogP contribution in [0.3, 0.4) is 0 Å². The zero-order valence-electron chi connectivity index (χ0n) is 16.5. The third-order valence-electron chi connectivity index (χ3n) is 8.50. The van der Waals surface area contributed by atoms with Crippen LogP contribution < -0.4 is 0 Å². The molecule has 0 aliphatic heterocycles. The maximum Gasteiger partial charge on any atom is 0.508 e. The van der Waals surface area contributed by atoms with Crippen LogP contribution in [0, 0.1) is 28.6 Å². The Morgan fingerprint density at radius 1 is 1.15 bits per heavy atom. The number of aliphatic hydroxyl groups excluding tert-OH is 1. The summed E-state index contributed by atoms with van der Waals surface area (Å²) in [6, 6.07) is 0. The van der Waals surface area contributed by atoms with E-state index < -0.39 is 6.16 Å². The second-order valence-electron chi connectivity index (χ2n) is 9.54. The molecular formula is C22H34O4. The van der Waals surface area contributed by atoms with Crippen molar-refractivity contribution in [1.29, 1.82) is 0 Å². The van der Waals surface area contributed by atoms with E-state index in [1.807, 2.05) is 6.92 Å². The number of fused-ring (bicyclic) bond motifs is 5. The van der Waals surface area contributed by atoms with Crippen LogP contribution >= 0.6 is 0 Å². The fourth-order valence-electron chi connectivity index (χ4n) is 7.12. The minimum Gasteiger partial charge on any atom is -0.435 e. The maximum atomic E-state index is 11.9. The van der Waals surface area contributed by atoms with E-state index in [9.17, 15) is 9.90 Å². The minimum atomic E-state index is -0.497. The van der Waals surface area contributed by atoms with E-state index in [1.165, 1.54) is 24.8 Å². The summed E-state index contributed by atoms with van der Waals surface area (Å²) in [4.78, 5) is 11.9. The predicted molar refractivity (Wildman–Crippen MR) is 99.6 cm³/mol. The number of carbonyl (C=O) groups is 1. The summed E-state index contributed by atoms with van der Waals surface area (Å²) < 4.78 is 10.8. The Labute approximate surface area is 157 Å². The number of hydrogen-bond acceptors (Lipinski definition) is 4. The molecular weight excluding hydrogens is 328 g/mol. The molecule has 0 aromatic heterocycles. The first-order chi connectivity index (χ1) is 12.4. The number of hydrogen-bond donors (Lipinski definition) is 1. The number of rotatable bonds is 2. The molecule has 3 fully saturated rings. The SMILES string of the molecule is CCOC(=O)O[C@H]1CC[C@H]2[C@@H]3CCC4=CC(O)CC[C@]4(C)[C@H]3CC[C@]12C. The third kappa shape index (κ3) is 2.71. The van der Waals surface area contributed by atoms with Crippen molar-refractivity contribution in [1.82, 2.24) is 0 Å². The minimum absolute atomic E-state index is 0.00502. The summed E-state index contributed by atoms with van der Waals surface area (Å²) in [6.07, 6.45) is 10.3. The third-order valence-corrected chi connectivity index (χ3v) is 8.50. The summed E-state index contributed by atoms with van der Waals surface area (Å²) in [5.41, 5.74) is 1.88. The van der Waals surface area contributed by atoms with Gasteiger partial charge in [0.2, 0.25) is 0 Å². The molecule has 0 aromatic carbocycles. The highest BCUT2D eigenvalue weighted by Crippen LogP contribution is 2.65. The van der Waals surface area contributed by atoms with Gasteiger partial charge in [-0.1, -0.05) is 25.5 Å². The lowest BCUT2D eigenvalue weighted by Gasteiger charge is -2.58. The lowest BCUT2D eigenvalue weighted by atomic mass is 9.47. The van der Waals surface area contributed by atoms with E-state index in [2.05, 4.69) is 19.9 Å². The summed E-state index contributed by atoms with van der Waals surface area (Å²) >= 11 is 0. The smallest absolute Gasteiger partial charge is 0.435 e. The highest BCUT2D eigenvalue weighted by Gasteiger charge is 2.60. The molecule has 26 heavy (non-hydrogen) atoms. The topological polar surface area (TPSA) is 55.8 Å². The molecule has 0 spiro atoms. The van der Waals surface area contributed by atoms with Gasteiger partial charge in [0.05, 0.1) is 12.7 Å². The van der Waals surface area contributed by atoms with Crippen LogP contribution in [0.15, 0.2) is 11.6 Å². The van der Waals surface area contributed by atoms with Crippen molar-refractivity contribution in [3.63, 3.8) is 0 Å². The van der Waals surface area contributed by atoms with Gasteiger partial charge >= 0.3 is 6.16 Å². The Balaban J connectivity index is 1.55. The maximum absolute atomic E-state index is 11.9. The van der Waals surface area contributed by atoms with Crippen LogP contribution in [0.2, 0.25) is 0 Å². The molecule has 146 valence electrons. The molecule has 0 saturated heterocycles. The van der Waals surface area contributed by atoms with Crippen LogP contribution in [-0.4, -0.2) is 30.1 Å². The van der Waals surface area contributed by atoms with Crippen LogP contribution in [0.25, 0.3) is 0 Å². The zero-order valence-corrected chi connectivity index (χ0v) is 16.5. The first-order valence-electron chi connectivity index (χ1n) is 10.6. The van der Waals surface area contributed by atoms with E-state index in [4.69, 9.17) is 9.47 Å². The van der Waals surface area contributed by atoms with Gasteiger partial charge in [0.15, 0.2) is 0 Å². The fraction of sp³-hybridized carbons (Fsp3) is 0.864. The molecule has 4 nitrogen and oxygen atoms in total. The number of allylic oxidation sites excluding steroid dienone is 1. The molecule has 4 aliphatic rings. The second-order valence-corrected chi connectivity index (χ2v) is 9.54. The van der Waals surface area contributed by atoms with Crippen molar-refractivity contribution in [2.75, 3.05) is 6.61 Å². The molecule has 1 unspecified atom stereocenters. The molecule has 7 atom stereocenters. The van der Waals surface area contributed by atoms with Gasteiger partial charge in [0.1, 0.15) is 6.10 Å². The summed E-state index contributed by atoms with van der Waals surface area (Å²) in [5.74, 6) is 2.09. The van der Waals surface area contributed by atoms with Crippen LogP contribution in [-0.2, 0) is 9.47 Å². The van der Waals surface area contributed by atoms with E-state index in [0.717, 1.165) is 43.9 Å². The largest absolute Gasteiger partial charge is 0.508 e. The highest BCUT2D eigenvalue weighted by atomic mass is 16.7. The van der Waals surface area contributed by atoms with Gasteiger partial charge < -0.3 is 14.6 Å². The van der Waals surface area contributed by atoms with Gasteiger partial charge in [-0.2, -0.15) is 0 Å². The summed E-state index contributed by atoms with van der Waals surface area (Å²) in [6.45, 7) is 6.99. The first kappa shape index (κ1) is 18.3. The van der Waals surface area contributed by atoms with Crippen molar-refractivity contribution in [2.24, 2.45) is 28.6 Å². The Hall–Kier alpha value is -1.03. The lowest BCUT2D eigenvalue weighted by molar-refractivity contribution is -0.0881. The van der Waals surface area contributed by atoms with Crippen molar-refractivity contribution in [3.8, 4) is 0 Å². The van der Waals surface area contributed by atoms with Crippen LogP contribution in [0.5, 0.6) is 0 Å². The van der Waals surface area contributed by atoms with Gasteiger partial charge in [0.25, 0.3) is 0 Å². The summed E-state index contributed by atoms with van der Waals surface area (Å²) in [7, 11) is 0. The van der Waals surface area contributed by atoms with Crippen molar-refractivity contribution in [3.05, 3.63) is 11.6 Å². The van der Waals surface area contributed by atoms with Crippen molar-refractivity contribution < 1.29 is 19.4 Å². The molecule has 1 N–H and O–H groups in total. The summed E-state index contributed by atoms with van der Waals surface area (Å²) in [5, 5.41) is 10.1. The van der Waals surface area contributed by atoms with Gasteiger partial charge in [-0.25, -0.2) is 4.79 Å². The Morgan fingerprint density at radius 3 is 2.73 bits per heavy atom. The van der Waals surface area contributed by atoms with Crippen LogP contribution in [0.4, 0.5) is 4.79 Å². The van der Waals surface area contributed by atoms with E-state index in [1.54, 1.807) is 0 Å². The normalized spacial score (nSPS) is 47.2. The lowest BCUT2D eigenvalue weighted by Crippen LogP contribution is -2.51. The standard InChI is InChI=1S/C22H34O4/c1-4-25-20(24)26-19-8-7-17-16-6-5-14-13-15(23)9-11-21(14,2)18(16)10-12-22(17,19)3/h13,15-19,23H,4-12H2,1-3H3/t15?,16-,17-,18-,19-,21-,22-/m0/s1. The number of ether oxygens (including phenoxy) is 2. The van der Waals surface area contributed by atoms with Gasteiger partial charge in [-0.05, 0) is 81.5 Å². The monoisotopic (exact) mass is 362 g/mol. The Bertz CT molecular complexity index is 599. The van der Waals surface area contributed by atoms with E-state index in [-0.39, 0.29) is 23.0 Å². The van der Waals surface area contributed by atoms with Crippen LogP contribution in [0.1, 0.15) is 72.1 Å². The van der Waals surface area contributed by atoms with Crippen molar-refractivity contribution >= 4 is 6.16 Å². The van der Waals surface area contributed by atoms with Gasteiger partial charge in [-0.3, -0.25) is 0 Å². The van der Waals surface area contributed by atoms with E-state index in [0.29, 0.717) is 12.5 Å². The van der Waals surface area contributed by atoms with Gasteiger partial charge in [0, 0.05) is 5.41 Å². The van der Waals surface area contributed by atoms with E-state index >= 15 is 0 Å². The fourth-order valence-corrected chi connectivity index (χ4v) is 7.12. The van der Waals surface area contributed by atoms with Crippen molar-refractivity contribution in [2.45, 2.75) is 84.3 Å². The Morgan fingerprint density at radius 2 is 1.96 bits per heavy atom. The quantitative estimate of drug-likeness (QED) is 0.563. The molecule has 4 aliphatic carbocycles. The number of carbonyl (C=O) groups excluding carboxylic acids is 1. The molecule has 4 rings (SSSR count). The molecule has 0 aromatic rings. The molecule has 0 amide bonds. The highest BCUT2D eigenvalue weighted by molar-refractivity contribution is 5.60. The van der Waals surface area contributed by atoms with Gasteiger partial charge in [-0.15, -0.1) is 0 Å². The average Bonchev–Trinajstić information content (AvgIpc) is 2.92. The molecule has 3 saturated carbocycles. The molecule has 4 heteroatoms. The average molecular weight is 363 g/mol. The zero-order chi connectivity index (χ0) is 18.5. The molecule has 0 heterocycles. The molecule has 0 bridgehead atoms. The second kappa shape index (κ2) is 6.54.